The van der Waals surface area contributed by atoms with Crippen molar-refractivity contribution in [3.05, 3.63) is 64.4 Å². The summed E-state index contributed by atoms with van der Waals surface area (Å²) in [6.07, 6.45) is 5.35. The summed E-state index contributed by atoms with van der Waals surface area (Å²) in [5, 5.41) is 5.67. The van der Waals surface area contributed by atoms with Gasteiger partial charge in [0, 0.05) is 11.3 Å². The number of carbonyl (C=O) groups excluding carboxylic acids is 1. The van der Waals surface area contributed by atoms with E-state index in [4.69, 9.17) is 10.9 Å². The average Bonchev–Trinajstić information content (AvgIpc) is 3.33. The number of amides is 1. The van der Waals surface area contributed by atoms with Crippen LogP contribution in [0.3, 0.4) is 0 Å². The number of rotatable bonds is 7. The maximum atomic E-state index is 13.1. The van der Waals surface area contributed by atoms with Crippen molar-refractivity contribution in [3.63, 3.8) is 0 Å². The summed E-state index contributed by atoms with van der Waals surface area (Å²) < 4.78 is 33.0. The maximum Gasteiger partial charge on any atom is 0.273 e. The molecule has 3 aromatic rings. The number of sulfonamides is 1. The van der Waals surface area contributed by atoms with Crippen molar-refractivity contribution >= 4 is 39.0 Å². The molecule has 9 heteroatoms. The average molecular weight is 447 g/mol. The highest BCUT2D eigenvalue weighted by Gasteiger charge is 2.34. The van der Waals surface area contributed by atoms with Gasteiger partial charge in [-0.3, -0.25) is 4.79 Å². The Kier molecular flexibility index (Phi) is 6.47. The summed E-state index contributed by atoms with van der Waals surface area (Å²) in [6.45, 7) is 2.59. The van der Waals surface area contributed by atoms with Gasteiger partial charge in [-0.15, -0.1) is 29.5 Å². The van der Waals surface area contributed by atoms with E-state index in [1.54, 1.807) is 41.3 Å². The van der Waals surface area contributed by atoms with Gasteiger partial charge in [0.2, 0.25) is 0 Å². The Morgan fingerprint density at radius 1 is 1.31 bits per heavy atom. The Morgan fingerprint density at radius 3 is 2.72 bits per heavy atom. The lowest BCUT2D eigenvalue weighted by molar-refractivity contribution is 0.0873. The molecule has 1 amide bonds. The Balaban J connectivity index is 1.90. The normalized spacial score (nSPS) is 11.2. The van der Waals surface area contributed by atoms with E-state index in [-0.39, 0.29) is 28.5 Å². The van der Waals surface area contributed by atoms with Gasteiger partial charge in [0.05, 0.1) is 10.8 Å². The molecule has 0 bridgehead atoms. The van der Waals surface area contributed by atoms with Crippen molar-refractivity contribution in [1.29, 1.82) is 0 Å². The van der Waals surface area contributed by atoms with Gasteiger partial charge in [-0.05, 0) is 43.0 Å². The standard InChI is InChI=1S/C20H18N2O4S3/c1-4-10-22(29(24,25)19-14(2)21-26-15(19)3)20(23)17-8-5-7-16(12-17)13-28-18-9-6-11-27-18/h1,5-9,11-12H,10,13H2,2-3H3. The highest BCUT2D eigenvalue weighted by Crippen LogP contribution is 2.28. The number of nitrogens with zero attached hydrogens (tertiary/aromatic N) is 2. The number of thioether (sulfide) groups is 1. The first kappa shape index (κ1) is 21.2. The first-order valence-electron chi connectivity index (χ1n) is 8.53. The molecule has 3 rings (SSSR count). The van der Waals surface area contributed by atoms with E-state index in [1.807, 2.05) is 23.6 Å². The van der Waals surface area contributed by atoms with Crippen molar-refractivity contribution in [2.75, 3.05) is 6.54 Å². The highest BCUT2D eigenvalue weighted by molar-refractivity contribution is 8.00. The fraction of sp³-hybridized carbons (Fsp3) is 0.200. The Hall–Kier alpha value is -2.54. The van der Waals surface area contributed by atoms with Crippen molar-refractivity contribution in [3.8, 4) is 12.3 Å². The lowest BCUT2D eigenvalue weighted by Gasteiger charge is -2.20. The fourth-order valence-corrected chi connectivity index (χ4v) is 6.07. The van der Waals surface area contributed by atoms with Crippen molar-refractivity contribution < 1.29 is 17.7 Å². The van der Waals surface area contributed by atoms with Crippen molar-refractivity contribution in [2.24, 2.45) is 0 Å². The molecule has 0 aliphatic rings. The summed E-state index contributed by atoms with van der Waals surface area (Å²) in [6, 6.07) is 10.9. The number of hydrogen-bond donors (Lipinski definition) is 0. The van der Waals surface area contributed by atoms with E-state index in [0.29, 0.717) is 10.1 Å². The smallest absolute Gasteiger partial charge is 0.273 e. The maximum absolute atomic E-state index is 13.1. The third-order valence-electron chi connectivity index (χ3n) is 4.03. The second-order valence-corrected chi connectivity index (χ2v) is 10.1. The molecule has 2 heterocycles. The predicted octanol–water partition coefficient (Wildman–Crippen LogP) is 4.11. The second kappa shape index (κ2) is 8.86. The summed E-state index contributed by atoms with van der Waals surface area (Å²) in [7, 11) is -4.21. The molecule has 6 nitrogen and oxygen atoms in total. The van der Waals surface area contributed by atoms with Gasteiger partial charge in [0.1, 0.15) is 5.69 Å². The molecule has 0 N–H and O–H groups in total. The number of thiophene rings is 1. The Bertz CT molecular complexity index is 1140. The van der Waals surface area contributed by atoms with Gasteiger partial charge >= 0.3 is 0 Å². The molecule has 2 aromatic heterocycles. The summed E-state index contributed by atoms with van der Waals surface area (Å²) in [5.74, 6) is 2.34. The van der Waals surface area contributed by atoms with Crippen LogP contribution in [0.15, 0.2) is 55.4 Å². The van der Waals surface area contributed by atoms with Crippen LogP contribution in [-0.4, -0.2) is 30.3 Å². The third-order valence-corrected chi connectivity index (χ3v) is 8.20. The molecule has 1 aromatic carbocycles. The molecule has 0 unspecified atom stereocenters. The first-order chi connectivity index (χ1) is 13.8. The third kappa shape index (κ3) is 4.56. The van der Waals surface area contributed by atoms with Gasteiger partial charge in [-0.2, -0.15) is 0 Å². The number of hydrogen-bond acceptors (Lipinski definition) is 7. The number of carbonyl (C=O) groups is 1. The largest absolute Gasteiger partial charge is 0.360 e. The van der Waals surface area contributed by atoms with E-state index < -0.39 is 15.9 Å². The zero-order valence-corrected chi connectivity index (χ0v) is 18.2. The molecule has 0 atom stereocenters. The van der Waals surface area contributed by atoms with Crippen LogP contribution in [0.5, 0.6) is 0 Å². The molecule has 0 aliphatic heterocycles. The molecule has 29 heavy (non-hydrogen) atoms. The van der Waals surface area contributed by atoms with Gasteiger partial charge in [0.25, 0.3) is 15.9 Å². The predicted molar refractivity (Wildman–Crippen MR) is 113 cm³/mol. The van der Waals surface area contributed by atoms with Crippen LogP contribution >= 0.6 is 23.1 Å². The molecule has 0 saturated carbocycles. The number of aromatic nitrogens is 1. The van der Waals surface area contributed by atoms with Crippen molar-refractivity contribution in [2.45, 2.75) is 28.7 Å². The topological polar surface area (TPSA) is 80.5 Å². The Morgan fingerprint density at radius 2 is 2.10 bits per heavy atom. The van der Waals surface area contributed by atoms with Crippen LogP contribution in [0, 0.1) is 26.2 Å². The van der Waals surface area contributed by atoms with E-state index in [2.05, 4.69) is 11.1 Å². The van der Waals surface area contributed by atoms with Crippen LogP contribution < -0.4 is 0 Å². The summed E-state index contributed by atoms with van der Waals surface area (Å²) in [5.41, 5.74) is 1.34. The monoisotopic (exact) mass is 446 g/mol. The SMILES string of the molecule is C#CCN(C(=O)c1cccc(CSc2cccs2)c1)S(=O)(=O)c1c(C)noc1C. The minimum Gasteiger partial charge on any atom is -0.360 e. The van der Waals surface area contributed by atoms with Crippen LogP contribution in [0.4, 0.5) is 0 Å². The minimum absolute atomic E-state index is 0.110. The van der Waals surface area contributed by atoms with Crippen LogP contribution in [-0.2, 0) is 15.8 Å². The highest BCUT2D eigenvalue weighted by atomic mass is 32.2. The van der Waals surface area contributed by atoms with Gasteiger partial charge in [-0.25, -0.2) is 12.7 Å². The summed E-state index contributed by atoms with van der Waals surface area (Å²) in [4.78, 5) is 12.9. The van der Waals surface area contributed by atoms with E-state index >= 15 is 0 Å². The van der Waals surface area contributed by atoms with Gasteiger partial charge in [0.15, 0.2) is 10.7 Å². The van der Waals surface area contributed by atoms with Gasteiger partial charge in [-0.1, -0.05) is 29.3 Å². The minimum atomic E-state index is -4.21. The zero-order chi connectivity index (χ0) is 21.0. The van der Waals surface area contributed by atoms with Gasteiger partial charge < -0.3 is 4.52 Å². The first-order valence-corrected chi connectivity index (χ1v) is 11.8. The molecule has 0 radical (unpaired) electrons. The molecular weight excluding hydrogens is 428 g/mol. The fourth-order valence-electron chi connectivity index (χ4n) is 2.74. The van der Waals surface area contributed by atoms with E-state index in [9.17, 15) is 13.2 Å². The number of terminal acetylenes is 1. The summed E-state index contributed by atoms with van der Waals surface area (Å²) >= 11 is 3.29. The number of aryl methyl sites for hydroxylation is 2. The lowest BCUT2D eigenvalue weighted by atomic mass is 10.1. The van der Waals surface area contributed by atoms with Crippen LogP contribution in [0.25, 0.3) is 0 Å². The van der Waals surface area contributed by atoms with E-state index in [0.717, 1.165) is 9.77 Å². The Labute approximate surface area is 178 Å². The lowest BCUT2D eigenvalue weighted by Crippen LogP contribution is -2.37. The molecule has 0 fully saturated rings. The molecule has 150 valence electrons. The zero-order valence-electron chi connectivity index (χ0n) is 15.8. The molecular formula is C20H18N2O4S3. The van der Waals surface area contributed by atoms with Crippen LogP contribution in [0.1, 0.15) is 27.4 Å². The molecule has 0 saturated heterocycles. The van der Waals surface area contributed by atoms with E-state index in [1.165, 1.54) is 13.8 Å². The van der Waals surface area contributed by atoms with Crippen molar-refractivity contribution in [1.82, 2.24) is 9.46 Å². The van der Waals surface area contributed by atoms with Crippen LogP contribution in [0.2, 0.25) is 0 Å². The quantitative estimate of drug-likeness (QED) is 0.401. The molecule has 0 spiro atoms. The molecule has 0 aliphatic carbocycles. The number of benzene rings is 1. The second-order valence-electron chi connectivity index (χ2n) is 6.10.